The zero-order valence-corrected chi connectivity index (χ0v) is 13.7. The van der Waals surface area contributed by atoms with Gasteiger partial charge < -0.3 is 9.80 Å². The van der Waals surface area contributed by atoms with E-state index < -0.39 is 0 Å². The summed E-state index contributed by atoms with van der Waals surface area (Å²) < 4.78 is 0. The highest BCUT2D eigenvalue weighted by Crippen LogP contribution is 2.13. The molecule has 1 aliphatic heterocycles. The predicted octanol–water partition coefficient (Wildman–Crippen LogP) is 2.40. The molecule has 1 aliphatic rings. The lowest BCUT2D eigenvalue weighted by Gasteiger charge is -2.35. The van der Waals surface area contributed by atoms with Crippen molar-refractivity contribution in [3.8, 4) is 0 Å². The second kappa shape index (κ2) is 7.59. The minimum absolute atomic E-state index is 0.208. The maximum absolute atomic E-state index is 12.2. The third kappa shape index (κ3) is 4.84. The van der Waals surface area contributed by atoms with Gasteiger partial charge in [0.1, 0.15) is 0 Å². The third-order valence-corrected chi connectivity index (χ3v) is 4.67. The number of carbonyl (C=O) groups excluding carboxylic acids is 2. The van der Waals surface area contributed by atoms with Crippen LogP contribution in [0.5, 0.6) is 0 Å². The molecule has 4 nitrogen and oxygen atoms in total. The fourth-order valence-corrected chi connectivity index (χ4v) is 3.24. The average Bonchev–Trinajstić information content (AvgIpc) is 2.97. The SMILES string of the molecule is CC(C)CC(=O)N1CCN(C(=O)CCc2cccs2)CC1. The molecule has 2 amide bonds. The topological polar surface area (TPSA) is 40.6 Å². The summed E-state index contributed by atoms with van der Waals surface area (Å²) in [4.78, 5) is 29.2. The number of hydrogen-bond acceptors (Lipinski definition) is 3. The van der Waals surface area contributed by atoms with Gasteiger partial charge in [-0.15, -0.1) is 11.3 Å². The Bertz CT molecular complexity index is 463. The van der Waals surface area contributed by atoms with Crippen LogP contribution in [-0.2, 0) is 16.0 Å². The summed E-state index contributed by atoms with van der Waals surface area (Å²) in [6, 6.07) is 4.09. The smallest absolute Gasteiger partial charge is 0.223 e. The van der Waals surface area contributed by atoms with Gasteiger partial charge in [-0.2, -0.15) is 0 Å². The highest BCUT2D eigenvalue weighted by molar-refractivity contribution is 7.09. The first-order valence-electron chi connectivity index (χ1n) is 7.64. The first kappa shape index (κ1) is 16.0. The van der Waals surface area contributed by atoms with E-state index in [2.05, 4.69) is 19.9 Å². The Morgan fingerprint density at radius 1 is 1.14 bits per heavy atom. The van der Waals surface area contributed by atoms with Crippen molar-refractivity contribution in [1.29, 1.82) is 0 Å². The molecule has 2 rings (SSSR count). The molecule has 0 N–H and O–H groups in total. The van der Waals surface area contributed by atoms with Crippen LogP contribution in [-0.4, -0.2) is 47.8 Å². The molecule has 0 radical (unpaired) electrons. The van der Waals surface area contributed by atoms with Crippen LogP contribution in [0.15, 0.2) is 17.5 Å². The molecule has 21 heavy (non-hydrogen) atoms. The van der Waals surface area contributed by atoms with Gasteiger partial charge >= 0.3 is 0 Å². The van der Waals surface area contributed by atoms with Gasteiger partial charge in [0.05, 0.1) is 0 Å². The molecule has 1 aromatic rings. The van der Waals surface area contributed by atoms with Crippen molar-refractivity contribution in [3.05, 3.63) is 22.4 Å². The van der Waals surface area contributed by atoms with Crippen LogP contribution >= 0.6 is 11.3 Å². The lowest BCUT2D eigenvalue weighted by molar-refractivity contribution is -0.140. The molecule has 0 atom stereocenters. The monoisotopic (exact) mass is 308 g/mol. The lowest BCUT2D eigenvalue weighted by atomic mass is 10.1. The van der Waals surface area contributed by atoms with Gasteiger partial charge in [-0.25, -0.2) is 0 Å². The molecule has 2 heterocycles. The molecule has 0 aliphatic carbocycles. The standard InChI is InChI=1S/C16H24N2O2S/c1-13(2)12-16(20)18-9-7-17(8-10-18)15(19)6-5-14-4-3-11-21-14/h3-4,11,13H,5-10,12H2,1-2H3. The Hall–Kier alpha value is -1.36. The summed E-state index contributed by atoms with van der Waals surface area (Å²) in [6.07, 6.45) is 2.00. The minimum Gasteiger partial charge on any atom is -0.339 e. The summed E-state index contributed by atoms with van der Waals surface area (Å²) in [5, 5.41) is 2.04. The van der Waals surface area contributed by atoms with Crippen molar-refractivity contribution in [2.75, 3.05) is 26.2 Å². The maximum atomic E-state index is 12.2. The van der Waals surface area contributed by atoms with E-state index in [0.29, 0.717) is 44.9 Å². The number of nitrogens with zero attached hydrogens (tertiary/aromatic N) is 2. The Labute approximate surface area is 130 Å². The second-order valence-corrected chi connectivity index (χ2v) is 6.97. The number of thiophene rings is 1. The van der Waals surface area contributed by atoms with Crippen molar-refractivity contribution in [2.24, 2.45) is 5.92 Å². The molecule has 0 saturated carbocycles. The Balaban J connectivity index is 1.73. The maximum Gasteiger partial charge on any atom is 0.223 e. The third-order valence-electron chi connectivity index (χ3n) is 3.73. The normalized spacial score (nSPS) is 15.6. The second-order valence-electron chi connectivity index (χ2n) is 5.94. The molecule has 0 spiro atoms. The van der Waals surface area contributed by atoms with Gasteiger partial charge in [-0.1, -0.05) is 19.9 Å². The van der Waals surface area contributed by atoms with E-state index in [4.69, 9.17) is 0 Å². The Morgan fingerprint density at radius 2 is 1.76 bits per heavy atom. The zero-order chi connectivity index (χ0) is 15.2. The fourth-order valence-electron chi connectivity index (χ4n) is 2.53. The zero-order valence-electron chi connectivity index (χ0n) is 12.9. The van der Waals surface area contributed by atoms with Crippen molar-refractivity contribution in [1.82, 2.24) is 9.80 Å². The van der Waals surface area contributed by atoms with E-state index in [1.54, 1.807) is 11.3 Å². The quantitative estimate of drug-likeness (QED) is 0.838. The Kier molecular flexibility index (Phi) is 5.79. The van der Waals surface area contributed by atoms with Gasteiger partial charge in [0.15, 0.2) is 0 Å². The summed E-state index contributed by atoms with van der Waals surface area (Å²) in [5.41, 5.74) is 0. The predicted molar refractivity (Wildman–Crippen MR) is 85.3 cm³/mol. The van der Waals surface area contributed by atoms with Crippen LogP contribution in [0.4, 0.5) is 0 Å². The highest BCUT2D eigenvalue weighted by atomic mass is 32.1. The van der Waals surface area contributed by atoms with Crippen LogP contribution in [0.2, 0.25) is 0 Å². The Morgan fingerprint density at radius 3 is 2.29 bits per heavy atom. The van der Waals surface area contributed by atoms with Crippen LogP contribution < -0.4 is 0 Å². The summed E-state index contributed by atoms with van der Waals surface area (Å²) in [5.74, 6) is 0.818. The van der Waals surface area contributed by atoms with Crippen LogP contribution in [0, 0.1) is 5.92 Å². The van der Waals surface area contributed by atoms with Crippen molar-refractivity contribution < 1.29 is 9.59 Å². The minimum atomic E-state index is 0.208. The molecule has 0 aromatic carbocycles. The molecular weight excluding hydrogens is 284 g/mol. The van der Waals surface area contributed by atoms with Gasteiger partial charge in [-0.05, 0) is 23.8 Å². The van der Waals surface area contributed by atoms with E-state index in [1.807, 2.05) is 21.2 Å². The van der Waals surface area contributed by atoms with Crippen LogP contribution in [0.25, 0.3) is 0 Å². The van der Waals surface area contributed by atoms with Gasteiger partial charge in [0.2, 0.25) is 11.8 Å². The van der Waals surface area contributed by atoms with E-state index >= 15 is 0 Å². The molecular formula is C16H24N2O2S. The first-order chi connectivity index (χ1) is 10.1. The summed E-state index contributed by atoms with van der Waals surface area (Å²) in [7, 11) is 0. The molecule has 5 heteroatoms. The lowest BCUT2D eigenvalue weighted by Crippen LogP contribution is -2.50. The highest BCUT2D eigenvalue weighted by Gasteiger charge is 2.24. The van der Waals surface area contributed by atoms with Crippen LogP contribution in [0.1, 0.15) is 31.6 Å². The molecule has 1 saturated heterocycles. The largest absolute Gasteiger partial charge is 0.339 e. The number of amides is 2. The number of hydrogen-bond donors (Lipinski definition) is 0. The number of carbonyl (C=O) groups is 2. The summed E-state index contributed by atoms with van der Waals surface area (Å²) >= 11 is 1.70. The van der Waals surface area contributed by atoms with Gasteiger partial charge in [-0.3, -0.25) is 9.59 Å². The van der Waals surface area contributed by atoms with E-state index in [0.717, 1.165) is 6.42 Å². The summed E-state index contributed by atoms with van der Waals surface area (Å²) in [6.45, 7) is 6.82. The van der Waals surface area contributed by atoms with E-state index in [9.17, 15) is 9.59 Å². The molecule has 1 aromatic heterocycles. The van der Waals surface area contributed by atoms with Crippen molar-refractivity contribution in [3.63, 3.8) is 0 Å². The van der Waals surface area contributed by atoms with E-state index in [-0.39, 0.29) is 11.8 Å². The van der Waals surface area contributed by atoms with Gasteiger partial charge in [0.25, 0.3) is 0 Å². The first-order valence-corrected chi connectivity index (χ1v) is 8.52. The molecule has 0 unspecified atom stereocenters. The number of piperazine rings is 1. The van der Waals surface area contributed by atoms with Crippen molar-refractivity contribution >= 4 is 23.2 Å². The number of rotatable bonds is 5. The van der Waals surface area contributed by atoms with Crippen molar-refractivity contribution in [2.45, 2.75) is 33.1 Å². The molecule has 1 fully saturated rings. The average molecular weight is 308 g/mol. The van der Waals surface area contributed by atoms with E-state index in [1.165, 1.54) is 4.88 Å². The fraction of sp³-hybridized carbons (Fsp3) is 0.625. The number of aryl methyl sites for hydroxylation is 1. The molecule has 116 valence electrons. The van der Waals surface area contributed by atoms with Gasteiger partial charge in [0, 0.05) is 43.9 Å². The van der Waals surface area contributed by atoms with Crippen LogP contribution in [0.3, 0.4) is 0 Å². The molecule has 0 bridgehead atoms.